The number of aliphatic hydroxyl groups excluding tert-OH is 1. The van der Waals surface area contributed by atoms with E-state index < -0.39 is 57.8 Å². The molecule has 0 aromatic carbocycles. The summed E-state index contributed by atoms with van der Waals surface area (Å²) >= 11 is 0. The summed E-state index contributed by atoms with van der Waals surface area (Å²) < 4.78 is 39.7. The molecule has 11 nitrogen and oxygen atoms in total. The fraction of sp³-hybridized carbons (Fsp3) is 0.750. The third-order valence-corrected chi connectivity index (χ3v) is 14.7. The summed E-state index contributed by atoms with van der Waals surface area (Å²) in [4.78, 5) is 48.8. The van der Waals surface area contributed by atoms with Gasteiger partial charge >= 0.3 is 25.7 Å². The van der Waals surface area contributed by atoms with Crippen molar-refractivity contribution in [1.29, 1.82) is 0 Å². The first-order valence-electron chi connectivity index (χ1n) is 32.5. The van der Waals surface area contributed by atoms with Crippen LogP contribution in [0.1, 0.15) is 290 Å². The smallest absolute Gasteiger partial charge is 0.462 e. The summed E-state index contributed by atoms with van der Waals surface area (Å²) in [7, 11) is -4.77. The molecule has 0 heterocycles. The number of unbranched alkanes of at least 4 members (excludes halogenated alkanes) is 29. The van der Waals surface area contributed by atoms with Crippen LogP contribution in [0, 0.1) is 0 Å². The van der Waals surface area contributed by atoms with Crippen LogP contribution in [0.3, 0.4) is 0 Å². The van der Waals surface area contributed by atoms with E-state index in [0.717, 1.165) is 141 Å². The molecular weight excluding hydrogens is 1020 g/mol. The first kappa shape index (κ1) is 76.7. The molecule has 0 aliphatic heterocycles. The molecule has 80 heavy (non-hydrogen) atoms. The highest BCUT2D eigenvalue weighted by Crippen LogP contribution is 2.43. The molecule has 462 valence electrons. The Balaban J connectivity index is 4.73. The maximum absolute atomic E-state index is 13.0. The van der Waals surface area contributed by atoms with E-state index in [9.17, 15) is 28.9 Å². The van der Waals surface area contributed by atoms with Crippen LogP contribution in [-0.4, -0.2) is 66.5 Å². The van der Waals surface area contributed by atoms with Crippen molar-refractivity contribution in [3.63, 3.8) is 0 Å². The number of aliphatic hydroxyl groups is 1. The monoisotopic (exact) mass is 1140 g/mol. The molecule has 0 bridgehead atoms. The average Bonchev–Trinajstić information content (AvgIpc) is 3.45. The van der Waals surface area contributed by atoms with E-state index in [2.05, 4.69) is 106 Å². The predicted octanol–water partition coefficient (Wildman–Crippen LogP) is 19.8. The van der Waals surface area contributed by atoms with Gasteiger partial charge in [-0.05, 0) is 122 Å². The Kier molecular flexibility index (Phi) is 59.1. The van der Waals surface area contributed by atoms with Crippen molar-refractivity contribution >= 4 is 25.7 Å². The first-order chi connectivity index (χ1) is 39.2. The normalized spacial score (nSPS) is 13.8. The van der Waals surface area contributed by atoms with E-state index in [4.69, 9.17) is 23.3 Å². The zero-order valence-electron chi connectivity index (χ0n) is 51.3. The van der Waals surface area contributed by atoms with E-state index >= 15 is 0 Å². The van der Waals surface area contributed by atoms with Gasteiger partial charge in [0, 0.05) is 19.3 Å². The Hall–Kier alpha value is -3.34. The zero-order chi connectivity index (χ0) is 58.3. The lowest BCUT2D eigenvalue weighted by Gasteiger charge is -2.21. The third-order valence-electron chi connectivity index (χ3n) is 13.8. The second-order valence-corrected chi connectivity index (χ2v) is 23.0. The van der Waals surface area contributed by atoms with E-state index in [1.54, 1.807) is 0 Å². The van der Waals surface area contributed by atoms with Crippen LogP contribution in [-0.2, 0) is 42.2 Å². The van der Waals surface area contributed by atoms with Gasteiger partial charge in [-0.15, -0.1) is 0 Å². The summed E-state index contributed by atoms with van der Waals surface area (Å²) in [6, 6.07) is 0. The summed E-state index contributed by atoms with van der Waals surface area (Å²) in [6.45, 7) is 4.58. The van der Waals surface area contributed by atoms with E-state index in [1.807, 2.05) is 0 Å². The number of phosphoric ester groups is 1. The number of esters is 3. The molecule has 0 amide bonds. The molecule has 0 rings (SSSR count). The zero-order valence-corrected chi connectivity index (χ0v) is 52.2. The molecule has 0 fully saturated rings. The minimum atomic E-state index is -4.77. The molecule has 3 atom stereocenters. The maximum atomic E-state index is 13.0. The van der Waals surface area contributed by atoms with Crippen molar-refractivity contribution in [1.82, 2.24) is 0 Å². The maximum Gasteiger partial charge on any atom is 0.472 e. The summed E-state index contributed by atoms with van der Waals surface area (Å²) in [6.07, 6.45) is 72.4. The standard InChI is InChI=1S/C68H119O11P/c1-4-7-10-13-16-19-22-25-28-30-32-34-37-40-43-46-49-52-55-58-67(71)78-64(60-69)62-76-80(73,74)77-63-65(61-75-66(70)57-54-51-48-45-42-39-36-27-24-21-18-15-12-9-6-3)79-68(72)59-56-53-50-47-44-41-38-35-33-31-29-26-23-20-17-14-11-8-5-2/h16-17,19-20,25-29,32-36,64-65,69H,4-15,18,21-24,30-31,37-63H2,1-3H3,(H,73,74)/b19-16-,20-17-,28-25-,29-26-,34-32-,35-33-,36-27-. The second kappa shape index (κ2) is 61.7. The molecule has 12 heteroatoms. The highest BCUT2D eigenvalue weighted by Gasteiger charge is 2.28. The van der Waals surface area contributed by atoms with E-state index in [-0.39, 0.29) is 25.9 Å². The fourth-order valence-electron chi connectivity index (χ4n) is 8.78. The van der Waals surface area contributed by atoms with Crippen LogP contribution in [0.15, 0.2) is 85.1 Å². The Morgan fingerprint density at radius 1 is 0.350 bits per heavy atom. The van der Waals surface area contributed by atoms with Gasteiger partial charge in [0.25, 0.3) is 0 Å². The number of hydrogen-bond donors (Lipinski definition) is 2. The Morgan fingerprint density at radius 3 is 0.975 bits per heavy atom. The van der Waals surface area contributed by atoms with E-state index in [0.29, 0.717) is 19.3 Å². The number of hydrogen-bond acceptors (Lipinski definition) is 10. The van der Waals surface area contributed by atoms with Crippen LogP contribution in [0.5, 0.6) is 0 Å². The Labute approximate surface area is 490 Å². The van der Waals surface area contributed by atoms with Gasteiger partial charge in [0.15, 0.2) is 6.10 Å². The molecule has 0 aromatic rings. The molecule has 0 aromatic heterocycles. The van der Waals surface area contributed by atoms with Crippen molar-refractivity contribution in [2.24, 2.45) is 0 Å². The Morgan fingerprint density at radius 2 is 0.613 bits per heavy atom. The molecular formula is C68H119O11P. The summed E-state index contributed by atoms with van der Waals surface area (Å²) in [5.41, 5.74) is 0. The predicted molar refractivity (Wildman–Crippen MR) is 334 cm³/mol. The van der Waals surface area contributed by atoms with Crippen molar-refractivity contribution in [2.75, 3.05) is 26.4 Å². The average molecular weight is 1140 g/mol. The van der Waals surface area contributed by atoms with Crippen LogP contribution < -0.4 is 0 Å². The quantitative estimate of drug-likeness (QED) is 0.0197. The van der Waals surface area contributed by atoms with Crippen LogP contribution in [0.25, 0.3) is 0 Å². The van der Waals surface area contributed by atoms with Crippen LogP contribution >= 0.6 is 7.82 Å². The van der Waals surface area contributed by atoms with Gasteiger partial charge in [0.05, 0.1) is 19.8 Å². The molecule has 0 aliphatic carbocycles. The molecule has 0 saturated heterocycles. The second-order valence-electron chi connectivity index (χ2n) is 21.6. The summed E-state index contributed by atoms with van der Waals surface area (Å²) in [5, 5.41) is 9.86. The number of allylic oxidation sites excluding steroid dienone is 14. The lowest BCUT2D eigenvalue weighted by molar-refractivity contribution is -0.161. The molecule has 0 saturated carbocycles. The molecule has 3 unspecified atom stereocenters. The minimum absolute atomic E-state index is 0.148. The van der Waals surface area contributed by atoms with Crippen molar-refractivity contribution in [3.05, 3.63) is 85.1 Å². The molecule has 0 radical (unpaired) electrons. The molecule has 2 N–H and O–H groups in total. The topological polar surface area (TPSA) is 155 Å². The van der Waals surface area contributed by atoms with Gasteiger partial charge in [-0.3, -0.25) is 23.4 Å². The number of carbonyl (C=O) groups is 3. The molecule has 0 aliphatic rings. The van der Waals surface area contributed by atoms with Gasteiger partial charge in [-0.1, -0.05) is 234 Å². The van der Waals surface area contributed by atoms with Crippen molar-refractivity contribution < 1.29 is 52.2 Å². The summed E-state index contributed by atoms with van der Waals surface area (Å²) in [5.74, 6) is -1.50. The number of carbonyl (C=O) groups excluding carboxylic acids is 3. The lowest BCUT2D eigenvalue weighted by Crippen LogP contribution is -2.30. The SMILES string of the molecule is CCCCC/C=C\C/C=C\C/C=C\CCCCCCCCC(=O)OC(CO)COP(=O)(O)OCC(COC(=O)CCCCCCC/C=C\CCCCCCCC)OC(=O)CCCCCCCC/C=C\C/C=C\C/C=C\CCCCC. The van der Waals surface area contributed by atoms with E-state index in [1.165, 1.54) is 89.9 Å². The molecule has 0 spiro atoms. The first-order valence-corrected chi connectivity index (χ1v) is 34.0. The lowest BCUT2D eigenvalue weighted by atomic mass is 10.1. The third kappa shape index (κ3) is 59.3. The highest BCUT2D eigenvalue weighted by molar-refractivity contribution is 7.47. The Bertz CT molecular complexity index is 1670. The van der Waals surface area contributed by atoms with Crippen molar-refractivity contribution in [2.45, 2.75) is 303 Å². The number of ether oxygens (including phenoxy) is 3. The van der Waals surface area contributed by atoms with Crippen molar-refractivity contribution in [3.8, 4) is 0 Å². The highest BCUT2D eigenvalue weighted by atomic mass is 31.2. The largest absolute Gasteiger partial charge is 0.472 e. The minimum Gasteiger partial charge on any atom is -0.462 e. The van der Waals surface area contributed by atoms with Gasteiger partial charge in [0.1, 0.15) is 12.7 Å². The van der Waals surface area contributed by atoms with Gasteiger partial charge in [-0.2, -0.15) is 0 Å². The van der Waals surface area contributed by atoms with Crippen LogP contribution in [0.2, 0.25) is 0 Å². The van der Waals surface area contributed by atoms with Crippen LogP contribution in [0.4, 0.5) is 0 Å². The van der Waals surface area contributed by atoms with Gasteiger partial charge in [-0.25, -0.2) is 4.57 Å². The number of phosphoric acid groups is 1. The number of rotatable bonds is 60. The van der Waals surface area contributed by atoms with Gasteiger partial charge in [0.2, 0.25) is 0 Å². The van der Waals surface area contributed by atoms with Gasteiger partial charge < -0.3 is 24.2 Å². The fourth-order valence-corrected chi connectivity index (χ4v) is 9.56.